The average molecular weight is 359 g/mol. The molecule has 0 bridgehead atoms. The van der Waals surface area contributed by atoms with E-state index in [1.165, 1.54) is 49.9 Å². The van der Waals surface area contributed by atoms with Gasteiger partial charge in [0.1, 0.15) is 0 Å². The van der Waals surface area contributed by atoms with E-state index in [0.717, 1.165) is 37.1 Å². The lowest BCUT2D eigenvalue weighted by molar-refractivity contribution is 0.159. The van der Waals surface area contributed by atoms with E-state index in [0.29, 0.717) is 5.92 Å². The highest BCUT2D eigenvalue weighted by Crippen LogP contribution is 2.30. The number of rotatable bonds is 4. The Bertz CT molecular complexity index is 623. The largest absolute Gasteiger partial charge is 0.348 e. The molecule has 0 aromatic carbocycles. The standard InChI is InChI=1S/C15H26N4O2S2/c1-12-4-7-18(8-5-12)10-13-3-2-6-19(11-13)15-17-9-14(22-15)23(16,20)21/h9,12-13H,2-8,10-11H2,1H3,(H2,16,20,21). The second-order valence-electron chi connectivity index (χ2n) is 6.94. The van der Waals surface area contributed by atoms with Crippen molar-refractivity contribution in [3.8, 4) is 0 Å². The van der Waals surface area contributed by atoms with Crippen LogP contribution in [0.5, 0.6) is 0 Å². The molecule has 0 radical (unpaired) electrons. The number of thiazole rings is 1. The number of piperidine rings is 2. The van der Waals surface area contributed by atoms with Crippen LogP contribution in [0.3, 0.4) is 0 Å². The molecule has 2 N–H and O–H groups in total. The molecular formula is C15H26N4O2S2. The van der Waals surface area contributed by atoms with Crippen molar-refractivity contribution in [3.05, 3.63) is 6.20 Å². The van der Waals surface area contributed by atoms with Gasteiger partial charge in [-0.05, 0) is 50.6 Å². The lowest BCUT2D eigenvalue weighted by Gasteiger charge is -2.37. The third-order valence-electron chi connectivity index (χ3n) is 4.93. The molecule has 2 fully saturated rings. The molecule has 1 aromatic rings. The SMILES string of the molecule is CC1CCN(CC2CCCN(c3ncc(S(N)(=O)=O)s3)C2)CC1. The maximum Gasteiger partial charge on any atom is 0.249 e. The molecule has 2 aliphatic heterocycles. The molecule has 0 amide bonds. The lowest BCUT2D eigenvalue weighted by Crippen LogP contribution is -2.43. The molecule has 130 valence electrons. The van der Waals surface area contributed by atoms with Crippen molar-refractivity contribution in [2.45, 2.75) is 36.8 Å². The second-order valence-corrected chi connectivity index (χ2v) is 9.74. The Morgan fingerprint density at radius 2 is 2.04 bits per heavy atom. The molecule has 23 heavy (non-hydrogen) atoms. The zero-order valence-corrected chi connectivity index (χ0v) is 15.3. The number of hydrogen-bond donors (Lipinski definition) is 1. The van der Waals surface area contributed by atoms with Gasteiger partial charge in [0.2, 0.25) is 10.0 Å². The first-order chi connectivity index (χ1) is 10.9. The van der Waals surface area contributed by atoms with Crippen molar-refractivity contribution >= 4 is 26.5 Å². The highest BCUT2D eigenvalue weighted by atomic mass is 32.2. The third kappa shape index (κ3) is 4.43. The number of sulfonamides is 1. The molecule has 0 aliphatic carbocycles. The van der Waals surface area contributed by atoms with Gasteiger partial charge in [0.15, 0.2) is 9.34 Å². The molecule has 2 saturated heterocycles. The smallest absolute Gasteiger partial charge is 0.249 e. The van der Waals surface area contributed by atoms with Crippen molar-refractivity contribution < 1.29 is 8.42 Å². The fourth-order valence-electron chi connectivity index (χ4n) is 3.53. The lowest BCUT2D eigenvalue weighted by atomic mass is 9.94. The van der Waals surface area contributed by atoms with Crippen LogP contribution >= 0.6 is 11.3 Å². The van der Waals surface area contributed by atoms with Crippen LogP contribution in [0.25, 0.3) is 0 Å². The summed E-state index contributed by atoms with van der Waals surface area (Å²) in [7, 11) is -3.64. The zero-order chi connectivity index (χ0) is 16.4. The molecule has 2 aliphatic rings. The minimum absolute atomic E-state index is 0.152. The van der Waals surface area contributed by atoms with E-state index in [4.69, 9.17) is 5.14 Å². The van der Waals surface area contributed by atoms with Gasteiger partial charge in [-0.15, -0.1) is 0 Å². The van der Waals surface area contributed by atoms with Gasteiger partial charge < -0.3 is 9.80 Å². The van der Waals surface area contributed by atoms with Crippen LogP contribution in [0.15, 0.2) is 10.4 Å². The first-order valence-corrected chi connectivity index (χ1v) is 10.7. The zero-order valence-electron chi connectivity index (χ0n) is 13.6. The van der Waals surface area contributed by atoms with Crippen LogP contribution in [0.1, 0.15) is 32.6 Å². The number of nitrogens with two attached hydrogens (primary N) is 1. The molecule has 1 atom stereocenters. The van der Waals surface area contributed by atoms with E-state index in [2.05, 4.69) is 21.7 Å². The summed E-state index contributed by atoms with van der Waals surface area (Å²) in [6, 6.07) is 0. The van der Waals surface area contributed by atoms with Crippen LogP contribution in [0.2, 0.25) is 0 Å². The van der Waals surface area contributed by atoms with Gasteiger partial charge in [-0.2, -0.15) is 0 Å². The molecular weight excluding hydrogens is 332 g/mol. The fourth-order valence-corrected chi connectivity index (χ4v) is 5.10. The summed E-state index contributed by atoms with van der Waals surface area (Å²) in [6.45, 7) is 7.82. The van der Waals surface area contributed by atoms with Gasteiger partial charge >= 0.3 is 0 Å². The Morgan fingerprint density at radius 1 is 1.30 bits per heavy atom. The number of likely N-dealkylation sites (tertiary alicyclic amines) is 1. The second kappa shape index (κ2) is 7.04. The Morgan fingerprint density at radius 3 is 2.70 bits per heavy atom. The summed E-state index contributed by atoms with van der Waals surface area (Å²) >= 11 is 1.18. The molecule has 8 heteroatoms. The van der Waals surface area contributed by atoms with Gasteiger partial charge in [0.05, 0.1) is 6.20 Å². The van der Waals surface area contributed by atoms with E-state index in [1.54, 1.807) is 0 Å². The first kappa shape index (κ1) is 17.1. The van der Waals surface area contributed by atoms with Gasteiger partial charge in [-0.25, -0.2) is 18.5 Å². The first-order valence-electron chi connectivity index (χ1n) is 8.38. The van der Waals surface area contributed by atoms with Crippen LogP contribution < -0.4 is 10.0 Å². The Kier molecular flexibility index (Phi) is 5.25. The van der Waals surface area contributed by atoms with Crippen LogP contribution in [-0.4, -0.2) is 51.0 Å². The fraction of sp³-hybridized carbons (Fsp3) is 0.800. The number of anilines is 1. The van der Waals surface area contributed by atoms with E-state index < -0.39 is 10.0 Å². The van der Waals surface area contributed by atoms with Crippen LogP contribution in [0.4, 0.5) is 5.13 Å². The van der Waals surface area contributed by atoms with Gasteiger partial charge in [-0.3, -0.25) is 0 Å². The van der Waals surface area contributed by atoms with E-state index >= 15 is 0 Å². The van der Waals surface area contributed by atoms with E-state index in [9.17, 15) is 8.42 Å². The summed E-state index contributed by atoms with van der Waals surface area (Å²) in [5, 5.41) is 5.96. The topological polar surface area (TPSA) is 79.5 Å². The van der Waals surface area contributed by atoms with Gasteiger partial charge in [-0.1, -0.05) is 18.3 Å². The number of hydrogen-bond acceptors (Lipinski definition) is 6. The van der Waals surface area contributed by atoms with Crippen LogP contribution in [-0.2, 0) is 10.0 Å². The summed E-state index contributed by atoms with van der Waals surface area (Å²) in [5.74, 6) is 1.50. The Hall–Kier alpha value is -0.700. The van der Waals surface area contributed by atoms with Crippen molar-refractivity contribution in [2.75, 3.05) is 37.6 Å². The number of aromatic nitrogens is 1. The molecule has 3 heterocycles. The predicted octanol–water partition coefficient (Wildman–Crippen LogP) is 1.74. The molecule has 0 spiro atoms. The summed E-state index contributed by atoms with van der Waals surface area (Å²) < 4.78 is 23.0. The molecule has 0 saturated carbocycles. The molecule has 6 nitrogen and oxygen atoms in total. The third-order valence-corrected chi connectivity index (χ3v) is 7.40. The molecule has 3 rings (SSSR count). The quantitative estimate of drug-likeness (QED) is 0.887. The maximum atomic E-state index is 11.4. The monoisotopic (exact) mass is 358 g/mol. The van der Waals surface area contributed by atoms with Gasteiger partial charge in [0, 0.05) is 19.6 Å². The summed E-state index contributed by atoms with van der Waals surface area (Å²) in [4.78, 5) is 9.08. The number of nitrogens with zero attached hydrogens (tertiary/aromatic N) is 3. The average Bonchev–Trinajstić information content (AvgIpc) is 3.00. The minimum atomic E-state index is -3.64. The predicted molar refractivity (Wildman–Crippen MR) is 93.3 cm³/mol. The van der Waals surface area contributed by atoms with Crippen LogP contribution in [0, 0.1) is 11.8 Å². The number of primary sulfonamides is 1. The van der Waals surface area contributed by atoms with Crippen molar-refractivity contribution in [1.29, 1.82) is 0 Å². The highest BCUT2D eigenvalue weighted by molar-refractivity contribution is 7.91. The normalized spacial score (nSPS) is 25.0. The summed E-state index contributed by atoms with van der Waals surface area (Å²) in [6.07, 6.45) is 6.38. The Labute approximate surface area is 142 Å². The van der Waals surface area contributed by atoms with E-state index in [1.807, 2.05) is 0 Å². The highest BCUT2D eigenvalue weighted by Gasteiger charge is 2.26. The van der Waals surface area contributed by atoms with Crippen molar-refractivity contribution in [2.24, 2.45) is 17.0 Å². The van der Waals surface area contributed by atoms with E-state index in [-0.39, 0.29) is 4.21 Å². The summed E-state index contributed by atoms with van der Waals surface area (Å²) in [5.41, 5.74) is 0. The minimum Gasteiger partial charge on any atom is -0.348 e. The van der Waals surface area contributed by atoms with Crippen molar-refractivity contribution in [1.82, 2.24) is 9.88 Å². The molecule has 1 aromatic heterocycles. The van der Waals surface area contributed by atoms with Crippen molar-refractivity contribution in [3.63, 3.8) is 0 Å². The Balaban J connectivity index is 1.59. The van der Waals surface area contributed by atoms with Gasteiger partial charge in [0.25, 0.3) is 0 Å². The maximum absolute atomic E-state index is 11.4. The molecule has 1 unspecified atom stereocenters.